The monoisotopic (exact) mass is 353 g/mol. The maximum atomic E-state index is 12.3. The van der Waals surface area contributed by atoms with Crippen molar-refractivity contribution in [2.24, 2.45) is 0 Å². The fourth-order valence-corrected chi connectivity index (χ4v) is 3.27. The third kappa shape index (κ3) is 4.76. The predicted octanol–water partition coefficient (Wildman–Crippen LogP) is 2.69. The van der Waals surface area contributed by atoms with E-state index in [1.807, 2.05) is 49.4 Å². The van der Waals surface area contributed by atoms with E-state index in [-0.39, 0.29) is 11.9 Å². The summed E-state index contributed by atoms with van der Waals surface area (Å²) >= 11 is 0. The molecule has 2 aromatic carbocycles. The van der Waals surface area contributed by atoms with Crippen molar-refractivity contribution in [3.05, 3.63) is 60.2 Å². The van der Waals surface area contributed by atoms with Gasteiger partial charge in [-0.2, -0.15) is 0 Å². The lowest BCUT2D eigenvalue weighted by Gasteiger charge is -2.36. The molecule has 0 radical (unpaired) electrons. The van der Waals surface area contributed by atoms with E-state index < -0.39 is 0 Å². The van der Waals surface area contributed by atoms with Crippen LogP contribution in [0.25, 0.3) is 0 Å². The number of carbonyl (C=O) groups excluding carboxylic acids is 1. The SMILES string of the molecule is COc1ccc(N2CCN(CC(=O)N[C@@H](C)c3ccccc3)CC2)cc1. The van der Waals surface area contributed by atoms with Crippen LogP contribution in [0.5, 0.6) is 5.75 Å². The van der Waals surface area contributed by atoms with Gasteiger partial charge in [-0.1, -0.05) is 30.3 Å². The van der Waals surface area contributed by atoms with Crippen LogP contribution in [0.1, 0.15) is 18.5 Å². The number of methoxy groups -OCH3 is 1. The number of benzene rings is 2. The molecule has 1 heterocycles. The largest absolute Gasteiger partial charge is 0.497 e. The van der Waals surface area contributed by atoms with Crippen molar-refractivity contribution < 1.29 is 9.53 Å². The molecule has 1 aliphatic rings. The van der Waals surface area contributed by atoms with E-state index in [4.69, 9.17) is 4.74 Å². The zero-order chi connectivity index (χ0) is 18.4. The Hall–Kier alpha value is -2.53. The van der Waals surface area contributed by atoms with Crippen LogP contribution in [0.2, 0.25) is 0 Å². The van der Waals surface area contributed by atoms with Gasteiger partial charge in [0.15, 0.2) is 0 Å². The molecule has 5 nitrogen and oxygen atoms in total. The second-order valence-electron chi connectivity index (χ2n) is 6.66. The van der Waals surface area contributed by atoms with E-state index in [1.54, 1.807) is 7.11 Å². The number of rotatable bonds is 6. The predicted molar refractivity (Wildman–Crippen MR) is 105 cm³/mol. The summed E-state index contributed by atoms with van der Waals surface area (Å²) in [6, 6.07) is 18.2. The molecule has 1 atom stereocenters. The van der Waals surface area contributed by atoms with Gasteiger partial charge in [0.1, 0.15) is 5.75 Å². The molecule has 5 heteroatoms. The van der Waals surface area contributed by atoms with E-state index in [2.05, 4.69) is 27.2 Å². The van der Waals surface area contributed by atoms with Crippen LogP contribution in [0.15, 0.2) is 54.6 Å². The lowest BCUT2D eigenvalue weighted by Crippen LogP contribution is -2.49. The van der Waals surface area contributed by atoms with E-state index in [1.165, 1.54) is 5.69 Å². The minimum atomic E-state index is 0.0317. The first kappa shape index (κ1) is 18.3. The molecule has 138 valence electrons. The van der Waals surface area contributed by atoms with Gasteiger partial charge in [0.25, 0.3) is 0 Å². The van der Waals surface area contributed by atoms with Gasteiger partial charge in [-0.05, 0) is 36.8 Å². The standard InChI is InChI=1S/C21H27N3O2/c1-17(18-6-4-3-5-7-18)22-21(25)16-23-12-14-24(15-13-23)19-8-10-20(26-2)11-9-19/h3-11,17H,12-16H2,1-2H3,(H,22,25)/t17-/m0/s1. The van der Waals surface area contributed by atoms with E-state index in [9.17, 15) is 4.79 Å². The zero-order valence-corrected chi connectivity index (χ0v) is 15.5. The van der Waals surface area contributed by atoms with Gasteiger partial charge in [0, 0.05) is 31.9 Å². The molecule has 0 aliphatic carbocycles. The molecule has 0 saturated carbocycles. The lowest BCUT2D eigenvalue weighted by atomic mass is 10.1. The Morgan fingerprint density at radius 3 is 2.31 bits per heavy atom. The Morgan fingerprint density at radius 1 is 1.04 bits per heavy atom. The number of piperazine rings is 1. The van der Waals surface area contributed by atoms with Crippen molar-refractivity contribution in [2.75, 3.05) is 44.7 Å². The van der Waals surface area contributed by atoms with Crippen LogP contribution in [-0.2, 0) is 4.79 Å². The first-order valence-electron chi connectivity index (χ1n) is 9.11. The number of anilines is 1. The van der Waals surface area contributed by atoms with Gasteiger partial charge in [-0.3, -0.25) is 9.69 Å². The highest BCUT2D eigenvalue weighted by Crippen LogP contribution is 2.20. The normalized spacial score (nSPS) is 16.2. The number of nitrogens with one attached hydrogen (secondary N) is 1. The van der Waals surface area contributed by atoms with Crippen molar-refractivity contribution in [1.29, 1.82) is 0 Å². The summed E-state index contributed by atoms with van der Waals surface area (Å²) in [6.45, 7) is 6.10. The summed E-state index contributed by atoms with van der Waals surface area (Å²) in [4.78, 5) is 16.9. The van der Waals surface area contributed by atoms with Crippen molar-refractivity contribution in [3.63, 3.8) is 0 Å². The van der Waals surface area contributed by atoms with Crippen molar-refractivity contribution in [2.45, 2.75) is 13.0 Å². The smallest absolute Gasteiger partial charge is 0.234 e. The Kier molecular flexibility index (Phi) is 6.12. The highest BCUT2D eigenvalue weighted by Gasteiger charge is 2.20. The topological polar surface area (TPSA) is 44.8 Å². The molecule has 0 aromatic heterocycles. The number of carbonyl (C=O) groups is 1. The molecular weight excluding hydrogens is 326 g/mol. The Bertz CT molecular complexity index is 695. The van der Waals surface area contributed by atoms with Crippen LogP contribution in [0.3, 0.4) is 0 Å². The van der Waals surface area contributed by atoms with Crippen LogP contribution in [0.4, 0.5) is 5.69 Å². The molecule has 0 spiro atoms. The summed E-state index contributed by atoms with van der Waals surface area (Å²) in [6.07, 6.45) is 0. The quantitative estimate of drug-likeness (QED) is 0.867. The molecule has 0 unspecified atom stereocenters. The number of amides is 1. The number of nitrogens with zero attached hydrogens (tertiary/aromatic N) is 2. The minimum absolute atomic E-state index is 0.0317. The molecule has 0 bridgehead atoms. The molecule has 3 rings (SSSR count). The summed E-state index contributed by atoms with van der Waals surface area (Å²) in [7, 11) is 1.68. The van der Waals surface area contributed by atoms with Crippen LogP contribution < -0.4 is 15.0 Å². The third-order valence-electron chi connectivity index (χ3n) is 4.85. The number of hydrogen-bond donors (Lipinski definition) is 1. The van der Waals surface area contributed by atoms with E-state index in [0.717, 1.165) is 37.5 Å². The van der Waals surface area contributed by atoms with Crippen molar-refractivity contribution in [3.8, 4) is 5.75 Å². The van der Waals surface area contributed by atoms with Gasteiger partial charge < -0.3 is 15.0 Å². The minimum Gasteiger partial charge on any atom is -0.497 e. The molecule has 1 saturated heterocycles. The highest BCUT2D eigenvalue weighted by atomic mass is 16.5. The molecule has 1 aliphatic heterocycles. The summed E-state index contributed by atoms with van der Waals surface area (Å²) in [5, 5.41) is 3.09. The fourth-order valence-electron chi connectivity index (χ4n) is 3.27. The molecule has 1 amide bonds. The molecule has 1 N–H and O–H groups in total. The van der Waals surface area contributed by atoms with Crippen molar-refractivity contribution in [1.82, 2.24) is 10.2 Å². The molecular formula is C21H27N3O2. The third-order valence-corrected chi connectivity index (χ3v) is 4.85. The first-order chi connectivity index (χ1) is 12.7. The van der Waals surface area contributed by atoms with Gasteiger partial charge in [-0.25, -0.2) is 0 Å². The van der Waals surface area contributed by atoms with E-state index in [0.29, 0.717) is 6.54 Å². The Balaban J connectivity index is 1.45. The first-order valence-corrected chi connectivity index (χ1v) is 9.11. The molecule has 2 aromatic rings. The highest BCUT2D eigenvalue weighted by molar-refractivity contribution is 5.78. The summed E-state index contributed by atoms with van der Waals surface area (Å²) in [5.41, 5.74) is 2.33. The summed E-state index contributed by atoms with van der Waals surface area (Å²) < 4.78 is 5.21. The number of hydrogen-bond acceptors (Lipinski definition) is 4. The van der Waals surface area contributed by atoms with Crippen LogP contribution in [0, 0.1) is 0 Å². The zero-order valence-electron chi connectivity index (χ0n) is 15.5. The maximum absolute atomic E-state index is 12.3. The van der Waals surface area contributed by atoms with Crippen molar-refractivity contribution >= 4 is 11.6 Å². The van der Waals surface area contributed by atoms with E-state index >= 15 is 0 Å². The van der Waals surface area contributed by atoms with Crippen LogP contribution >= 0.6 is 0 Å². The average molecular weight is 353 g/mol. The van der Waals surface area contributed by atoms with Gasteiger partial charge in [-0.15, -0.1) is 0 Å². The van der Waals surface area contributed by atoms with Gasteiger partial charge >= 0.3 is 0 Å². The van der Waals surface area contributed by atoms with Gasteiger partial charge in [0.2, 0.25) is 5.91 Å². The Morgan fingerprint density at radius 2 is 1.69 bits per heavy atom. The maximum Gasteiger partial charge on any atom is 0.234 e. The second kappa shape index (κ2) is 8.72. The lowest BCUT2D eigenvalue weighted by molar-refractivity contribution is -0.123. The van der Waals surface area contributed by atoms with Gasteiger partial charge in [0.05, 0.1) is 19.7 Å². The van der Waals surface area contributed by atoms with Crippen LogP contribution in [-0.4, -0.2) is 50.6 Å². The molecule has 1 fully saturated rings. The average Bonchev–Trinajstić information content (AvgIpc) is 2.69. The summed E-state index contributed by atoms with van der Waals surface area (Å²) in [5.74, 6) is 0.954. The second-order valence-corrected chi connectivity index (χ2v) is 6.66. The Labute approximate surface area is 155 Å². The number of ether oxygens (including phenoxy) is 1. The fraction of sp³-hybridized carbons (Fsp3) is 0.381. The molecule has 26 heavy (non-hydrogen) atoms.